The third-order valence-corrected chi connectivity index (χ3v) is 3.79. The fourth-order valence-electron chi connectivity index (χ4n) is 2.23. The highest BCUT2D eigenvalue weighted by Crippen LogP contribution is 2.43. The number of hydrogen-bond donors (Lipinski definition) is 0. The summed E-state index contributed by atoms with van der Waals surface area (Å²) in [5.41, 5.74) is 2.91. The standard InChI is InChI=1S/C16H21N/c1-4-14-8-5-6-9-15(14)10-7-11-16(12-13-16)17(2)3/h4-10H,1,11-13H2,2-3H3/b10-7+. The van der Waals surface area contributed by atoms with E-state index in [1.807, 2.05) is 6.08 Å². The van der Waals surface area contributed by atoms with Crippen molar-refractivity contribution in [3.8, 4) is 0 Å². The zero-order valence-corrected chi connectivity index (χ0v) is 10.8. The lowest BCUT2D eigenvalue weighted by molar-refractivity contribution is 0.274. The molecule has 0 atom stereocenters. The number of benzene rings is 1. The first-order valence-corrected chi connectivity index (χ1v) is 6.23. The average molecular weight is 227 g/mol. The number of hydrogen-bond acceptors (Lipinski definition) is 1. The van der Waals surface area contributed by atoms with Gasteiger partial charge in [0, 0.05) is 5.54 Å². The van der Waals surface area contributed by atoms with Crippen LogP contribution in [0.2, 0.25) is 0 Å². The smallest absolute Gasteiger partial charge is 0.0239 e. The Morgan fingerprint density at radius 3 is 2.41 bits per heavy atom. The van der Waals surface area contributed by atoms with E-state index < -0.39 is 0 Å². The van der Waals surface area contributed by atoms with Gasteiger partial charge >= 0.3 is 0 Å². The molecule has 0 radical (unpaired) electrons. The number of nitrogens with zero attached hydrogens (tertiary/aromatic N) is 1. The van der Waals surface area contributed by atoms with Crippen LogP contribution in [0.25, 0.3) is 12.2 Å². The second-order valence-corrected chi connectivity index (χ2v) is 5.06. The Kier molecular flexibility index (Phi) is 3.49. The van der Waals surface area contributed by atoms with E-state index in [-0.39, 0.29) is 0 Å². The van der Waals surface area contributed by atoms with Crippen LogP contribution in [0.3, 0.4) is 0 Å². The Balaban J connectivity index is 2.03. The Bertz CT molecular complexity index is 425. The molecule has 0 amide bonds. The Morgan fingerprint density at radius 2 is 1.88 bits per heavy atom. The average Bonchev–Trinajstić information content (AvgIpc) is 3.11. The van der Waals surface area contributed by atoms with Crippen LogP contribution in [0.5, 0.6) is 0 Å². The van der Waals surface area contributed by atoms with Crippen LogP contribution >= 0.6 is 0 Å². The first-order chi connectivity index (χ1) is 8.18. The first kappa shape index (κ1) is 12.1. The Morgan fingerprint density at radius 1 is 1.24 bits per heavy atom. The van der Waals surface area contributed by atoms with Crippen molar-refractivity contribution in [1.29, 1.82) is 0 Å². The molecule has 90 valence electrons. The molecule has 0 aliphatic heterocycles. The molecular weight excluding hydrogens is 206 g/mol. The van der Waals surface area contributed by atoms with E-state index in [2.05, 4.69) is 62.0 Å². The van der Waals surface area contributed by atoms with Gasteiger partial charge in [0.05, 0.1) is 0 Å². The SMILES string of the molecule is C=Cc1ccccc1/C=C/CC1(N(C)C)CC1. The summed E-state index contributed by atoms with van der Waals surface area (Å²) in [6.07, 6.45) is 10.2. The topological polar surface area (TPSA) is 3.24 Å². The maximum absolute atomic E-state index is 3.85. The molecule has 0 N–H and O–H groups in total. The lowest BCUT2D eigenvalue weighted by Crippen LogP contribution is -2.29. The molecule has 0 bridgehead atoms. The summed E-state index contributed by atoms with van der Waals surface area (Å²) in [7, 11) is 4.36. The van der Waals surface area contributed by atoms with Gasteiger partial charge in [-0.3, -0.25) is 0 Å². The molecule has 0 heterocycles. The van der Waals surface area contributed by atoms with Gasteiger partial charge < -0.3 is 4.90 Å². The molecule has 1 aliphatic rings. The minimum absolute atomic E-state index is 0.444. The normalized spacial score (nSPS) is 17.6. The summed E-state index contributed by atoms with van der Waals surface area (Å²) in [6, 6.07) is 8.37. The third-order valence-electron chi connectivity index (χ3n) is 3.79. The second-order valence-electron chi connectivity index (χ2n) is 5.06. The van der Waals surface area contributed by atoms with Crippen molar-refractivity contribution in [1.82, 2.24) is 4.90 Å². The largest absolute Gasteiger partial charge is 0.303 e. The van der Waals surface area contributed by atoms with E-state index in [0.717, 1.165) is 6.42 Å². The molecular formula is C16H21N. The van der Waals surface area contributed by atoms with Gasteiger partial charge in [-0.05, 0) is 44.5 Å². The lowest BCUT2D eigenvalue weighted by Gasteiger charge is -2.21. The molecule has 1 nitrogen and oxygen atoms in total. The zero-order valence-electron chi connectivity index (χ0n) is 10.8. The molecule has 1 aromatic carbocycles. The monoisotopic (exact) mass is 227 g/mol. The van der Waals surface area contributed by atoms with Gasteiger partial charge in [-0.15, -0.1) is 0 Å². The van der Waals surface area contributed by atoms with Crippen LogP contribution < -0.4 is 0 Å². The Labute approximate surface area is 104 Å². The molecule has 1 fully saturated rings. The molecule has 0 aromatic heterocycles. The summed E-state index contributed by atoms with van der Waals surface area (Å²) in [5, 5.41) is 0. The fraction of sp³-hybridized carbons (Fsp3) is 0.375. The fourth-order valence-corrected chi connectivity index (χ4v) is 2.23. The molecule has 17 heavy (non-hydrogen) atoms. The molecule has 0 unspecified atom stereocenters. The minimum Gasteiger partial charge on any atom is -0.303 e. The maximum Gasteiger partial charge on any atom is 0.0239 e. The summed E-state index contributed by atoms with van der Waals surface area (Å²) < 4.78 is 0. The van der Waals surface area contributed by atoms with Crippen molar-refractivity contribution in [2.24, 2.45) is 0 Å². The van der Waals surface area contributed by atoms with Crippen LogP contribution in [0.15, 0.2) is 36.9 Å². The van der Waals surface area contributed by atoms with Crippen molar-refractivity contribution >= 4 is 12.2 Å². The molecule has 1 aromatic rings. The van der Waals surface area contributed by atoms with Gasteiger partial charge in [-0.25, -0.2) is 0 Å². The first-order valence-electron chi connectivity index (χ1n) is 6.23. The third kappa shape index (κ3) is 2.67. The predicted octanol–water partition coefficient (Wildman–Crippen LogP) is 3.83. The van der Waals surface area contributed by atoms with Crippen molar-refractivity contribution < 1.29 is 0 Å². The van der Waals surface area contributed by atoms with E-state index in [1.165, 1.54) is 24.0 Å². The highest BCUT2D eigenvalue weighted by molar-refractivity contribution is 5.64. The molecule has 0 saturated heterocycles. The van der Waals surface area contributed by atoms with Crippen LogP contribution in [0.1, 0.15) is 30.4 Å². The van der Waals surface area contributed by atoms with Crippen LogP contribution in [-0.2, 0) is 0 Å². The van der Waals surface area contributed by atoms with E-state index in [4.69, 9.17) is 0 Å². The highest BCUT2D eigenvalue weighted by Gasteiger charge is 2.43. The quantitative estimate of drug-likeness (QED) is 0.739. The summed E-state index contributed by atoms with van der Waals surface area (Å²) >= 11 is 0. The van der Waals surface area contributed by atoms with Crippen molar-refractivity contribution in [3.05, 3.63) is 48.0 Å². The van der Waals surface area contributed by atoms with E-state index in [0.29, 0.717) is 5.54 Å². The van der Waals surface area contributed by atoms with Gasteiger partial charge in [0.1, 0.15) is 0 Å². The summed E-state index contributed by atoms with van der Waals surface area (Å²) in [4.78, 5) is 2.36. The lowest BCUT2D eigenvalue weighted by atomic mass is 10.1. The van der Waals surface area contributed by atoms with E-state index in [9.17, 15) is 0 Å². The van der Waals surface area contributed by atoms with Gasteiger partial charge in [0.15, 0.2) is 0 Å². The van der Waals surface area contributed by atoms with E-state index >= 15 is 0 Å². The highest BCUT2D eigenvalue weighted by atomic mass is 15.2. The molecule has 1 saturated carbocycles. The van der Waals surface area contributed by atoms with Gasteiger partial charge in [0.25, 0.3) is 0 Å². The number of rotatable bonds is 5. The Hall–Kier alpha value is -1.34. The van der Waals surface area contributed by atoms with Crippen LogP contribution in [-0.4, -0.2) is 24.5 Å². The van der Waals surface area contributed by atoms with Gasteiger partial charge in [0.2, 0.25) is 0 Å². The van der Waals surface area contributed by atoms with Gasteiger partial charge in [-0.1, -0.05) is 49.1 Å². The van der Waals surface area contributed by atoms with E-state index in [1.54, 1.807) is 0 Å². The van der Waals surface area contributed by atoms with Gasteiger partial charge in [-0.2, -0.15) is 0 Å². The molecule has 1 aliphatic carbocycles. The molecule has 2 rings (SSSR count). The molecule has 1 heteroatoms. The van der Waals surface area contributed by atoms with Crippen molar-refractivity contribution in [3.63, 3.8) is 0 Å². The van der Waals surface area contributed by atoms with Crippen LogP contribution in [0.4, 0.5) is 0 Å². The van der Waals surface area contributed by atoms with Crippen molar-refractivity contribution in [2.45, 2.75) is 24.8 Å². The second kappa shape index (κ2) is 4.89. The van der Waals surface area contributed by atoms with Crippen molar-refractivity contribution in [2.75, 3.05) is 14.1 Å². The minimum atomic E-state index is 0.444. The summed E-state index contributed by atoms with van der Waals surface area (Å²) in [5.74, 6) is 0. The zero-order chi connectivity index (χ0) is 12.3. The molecule has 0 spiro atoms. The maximum atomic E-state index is 3.85. The predicted molar refractivity (Wildman–Crippen MR) is 75.8 cm³/mol. The van der Waals surface area contributed by atoms with Crippen LogP contribution in [0, 0.1) is 0 Å². The summed E-state index contributed by atoms with van der Waals surface area (Å²) in [6.45, 7) is 3.85.